The van der Waals surface area contributed by atoms with E-state index in [2.05, 4.69) is 16.9 Å². The number of thioether (sulfide) groups is 1. The third-order valence-corrected chi connectivity index (χ3v) is 4.57. The summed E-state index contributed by atoms with van der Waals surface area (Å²) in [7, 11) is 0. The maximum atomic E-state index is 10.2. The van der Waals surface area contributed by atoms with Crippen LogP contribution in [0.1, 0.15) is 28.7 Å². The summed E-state index contributed by atoms with van der Waals surface area (Å²) in [5, 5.41) is 10.2. The van der Waals surface area contributed by atoms with Crippen molar-refractivity contribution in [3.05, 3.63) is 65.2 Å². The molecule has 2 heterocycles. The highest BCUT2D eigenvalue weighted by Crippen LogP contribution is 2.21. The van der Waals surface area contributed by atoms with Crippen LogP contribution >= 0.6 is 11.8 Å². The zero-order valence-electron chi connectivity index (χ0n) is 12.7. The van der Waals surface area contributed by atoms with Gasteiger partial charge < -0.3 is 5.11 Å². The Hall–Kier alpha value is -1.85. The van der Waals surface area contributed by atoms with Gasteiger partial charge in [0.25, 0.3) is 0 Å². The van der Waals surface area contributed by atoms with E-state index >= 15 is 0 Å². The number of hydrogen-bond donors (Lipinski definition) is 1. The van der Waals surface area contributed by atoms with Crippen molar-refractivity contribution in [3.8, 4) is 0 Å². The summed E-state index contributed by atoms with van der Waals surface area (Å²) >= 11 is 1.68. The summed E-state index contributed by atoms with van der Waals surface area (Å²) in [6.45, 7) is 4.03. The molecule has 0 saturated carbocycles. The second-order valence-electron chi connectivity index (χ2n) is 5.38. The molecule has 0 aliphatic heterocycles. The average molecular weight is 313 g/mol. The molecule has 0 bridgehead atoms. The van der Waals surface area contributed by atoms with E-state index in [1.54, 1.807) is 11.8 Å². The van der Waals surface area contributed by atoms with Crippen molar-refractivity contribution < 1.29 is 5.11 Å². The number of rotatable bonds is 5. The molecule has 1 atom stereocenters. The van der Waals surface area contributed by atoms with Crippen LogP contribution in [0.25, 0.3) is 5.78 Å². The number of hydrogen-bond acceptors (Lipinski definition) is 4. The van der Waals surface area contributed by atoms with Crippen molar-refractivity contribution in [2.24, 2.45) is 0 Å². The Morgan fingerprint density at radius 1 is 1.18 bits per heavy atom. The first-order valence-corrected chi connectivity index (χ1v) is 8.42. The molecule has 0 saturated heterocycles. The second-order valence-corrected chi connectivity index (χ2v) is 6.41. The SMILES string of the molecule is Cc1cc(C)n2cc(CSC[C@H](O)c3ccccc3)nc2n1. The molecule has 0 fully saturated rings. The van der Waals surface area contributed by atoms with E-state index in [0.717, 1.165) is 34.2 Å². The lowest BCUT2D eigenvalue weighted by Gasteiger charge is -2.09. The van der Waals surface area contributed by atoms with Gasteiger partial charge in [-0.05, 0) is 25.5 Å². The minimum atomic E-state index is -0.440. The lowest BCUT2D eigenvalue weighted by molar-refractivity contribution is 0.204. The molecule has 1 aromatic carbocycles. The molecule has 3 rings (SSSR count). The summed E-state index contributed by atoms with van der Waals surface area (Å²) in [6, 6.07) is 11.8. The topological polar surface area (TPSA) is 50.4 Å². The number of aromatic nitrogens is 3. The summed E-state index contributed by atoms with van der Waals surface area (Å²) in [4.78, 5) is 8.99. The molecule has 2 aromatic heterocycles. The van der Waals surface area contributed by atoms with Gasteiger partial charge in [0.2, 0.25) is 5.78 Å². The van der Waals surface area contributed by atoms with Gasteiger partial charge in [0, 0.05) is 29.1 Å². The van der Waals surface area contributed by atoms with Gasteiger partial charge in [-0.2, -0.15) is 11.8 Å². The molecular formula is C17H19N3OS. The number of aryl methyl sites for hydroxylation is 2. The fourth-order valence-electron chi connectivity index (χ4n) is 2.43. The lowest BCUT2D eigenvalue weighted by atomic mass is 10.1. The number of aliphatic hydroxyl groups is 1. The number of benzene rings is 1. The fourth-order valence-corrected chi connectivity index (χ4v) is 3.32. The van der Waals surface area contributed by atoms with E-state index in [0.29, 0.717) is 5.75 Å². The molecule has 0 unspecified atom stereocenters. The zero-order chi connectivity index (χ0) is 15.5. The summed E-state index contributed by atoms with van der Waals surface area (Å²) < 4.78 is 2.01. The minimum absolute atomic E-state index is 0.440. The van der Waals surface area contributed by atoms with Crippen molar-refractivity contribution in [1.82, 2.24) is 14.4 Å². The Bertz CT molecular complexity index is 770. The van der Waals surface area contributed by atoms with Crippen LogP contribution in [-0.4, -0.2) is 25.2 Å². The number of fused-ring (bicyclic) bond motifs is 1. The monoisotopic (exact) mass is 313 g/mol. The van der Waals surface area contributed by atoms with E-state index in [-0.39, 0.29) is 0 Å². The molecule has 0 radical (unpaired) electrons. The lowest BCUT2D eigenvalue weighted by Crippen LogP contribution is -2.00. The van der Waals surface area contributed by atoms with Crippen LogP contribution in [0, 0.1) is 13.8 Å². The molecule has 3 aromatic rings. The first kappa shape index (κ1) is 15.1. The van der Waals surface area contributed by atoms with E-state index in [9.17, 15) is 5.11 Å². The molecule has 5 heteroatoms. The van der Waals surface area contributed by atoms with Gasteiger partial charge in [0.1, 0.15) is 0 Å². The fraction of sp³-hybridized carbons (Fsp3) is 0.294. The third kappa shape index (κ3) is 3.31. The van der Waals surface area contributed by atoms with Crippen molar-refractivity contribution >= 4 is 17.5 Å². The third-order valence-electron chi connectivity index (χ3n) is 3.52. The van der Waals surface area contributed by atoms with Gasteiger partial charge in [-0.3, -0.25) is 4.40 Å². The molecular weight excluding hydrogens is 294 g/mol. The first-order chi connectivity index (χ1) is 10.6. The van der Waals surface area contributed by atoms with Crippen molar-refractivity contribution in [3.63, 3.8) is 0 Å². The van der Waals surface area contributed by atoms with E-state index in [1.165, 1.54) is 0 Å². The van der Waals surface area contributed by atoms with Crippen LogP contribution in [0.4, 0.5) is 0 Å². The summed E-state index contributed by atoms with van der Waals surface area (Å²) in [6.07, 6.45) is 1.59. The molecule has 0 aliphatic rings. The van der Waals surface area contributed by atoms with Crippen LogP contribution in [0.15, 0.2) is 42.6 Å². The van der Waals surface area contributed by atoms with Gasteiger partial charge in [-0.25, -0.2) is 9.97 Å². The van der Waals surface area contributed by atoms with Gasteiger partial charge in [0.05, 0.1) is 11.8 Å². The van der Waals surface area contributed by atoms with Crippen LogP contribution < -0.4 is 0 Å². The molecule has 4 nitrogen and oxygen atoms in total. The van der Waals surface area contributed by atoms with Crippen LogP contribution in [0.3, 0.4) is 0 Å². The van der Waals surface area contributed by atoms with Crippen LogP contribution in [0.5, 0.6) is 0 Å². The molecule has 0 spiro atoms. The average Bonchev–Trinajstić information content (AvgIpc) is 2.91. The quantitative estimate of drug-likeness (QED) is 0.785. The maximum Gasteiger partial charge on any atom is 0.234 e. The highest BCUT2D eigenvalue weighted by atomic mass is 32.2. The predicted octanol–water partition coefficient (Wildman–Crippen LogP) is 3.31. The Morgan fingerprint density at radius 3 is 2.73 bits per heavy atom. The Kier molecular flexibility index (Phi) is 4.45. The number of nitrogens with zero attached hydrogens (tertiary/aromatic N) is 3. The number of imidazole rings is 1. The van der Waals surface area contributed by atoms with E-state index in [1.807, 2.05) is 53.9 Å². The largest absolute Gasteiger partial charge is 0.388 e. The van der Waals surface area contributed by atoms with Crippen molar-refractivity contribution in [2.75, 3.05) is 5.75 Å². The molecule has 0 aliphatic carbocycles. The van der Waals surface area contributed by atoms with Gasteiger partial charge in [-0.1, -0.05) is 30.3 Å². The Labute approximate surface area is 134 Å². The molecule has 1 N–H and O–H groups in total. The van der Waals surface area contributed by atoms with Gasteiger partial charge in [0.15, 0.2) is 0 Å². The molecule has 22 heavy (non-hydrogen) atoms. The van der Waals surface area contributed by atoms with Gasteiger partial charge >= 0.3 is 0 Å². The Morgan fingerprint density at radius 2 is 1.95 bits per heavy atom. The van der Waals surface area contributed by atoms with Crippen LogP contribution in [0.2, 0.25) is 0 Å². The standard InChI is InChI=1S/C17H19N3OS/c1-12-8-13(2)20-9-15(19-17(20)18-12)10-22-11-16(21)14-6-4-3-5-7-14/h3-9,16,21H,10-11H2,1-2H3/t16-/m0/s1. The smallest absolute Gasteiger partial charge is 0.234 e. The maximum absolute atomic E-state index is 10.2. The summed E-state index contributed by atoms with van der Waals surface area (Å²) in [5.74, 6) is 2.17. The number of aliphatic hydroxyl groups excluding tert-OH is 1. The second kappa shape index (κ2) is 6.50. The predicted molar refractivity (Wildman–Crippen MR) is 90.0 cm³/mol. The Balaban J connectivity index is 1.63. The minimum Gasteiger partial charge on any atom is -0.388 e. The van der Waals surface area contributed by atoms with E-state index in [4.69, 9.17) is 0 Å². The van der Waals surface area contributed by atoms with E-state index < -0.39 is 6.10 Å². The normalized spacial score (nSPS) is 12.7. The van der Waals surface area contributed by atoms with Crippen molar-refractivity contribution in [1.29, 1.82) is 0 Å². The summed E-state index contributed by atoms with van der Waals surface area (Å²) in [5.41, 5.74) is 4.06. The first-order valence-electron chi connectivity index (χ1n) is 7.26. The van der Waals surface area contributed by atoms with Crippen LogP contribution in [-0.2, 0) is 5.75 Å². The highest BCUT2D eigenvalue weighted by Gasteiger charge is 2.09. The zero-order valence-corrected chi connectivity index (χ0v) is 13.5. The van der Waals surface area contributed by atoms with Crippen molar-refractivity contribution in [2.45, 2.75) is 25.7 Å². The van der Waals surface area contributed by atoms with Gasteiger partial charge in [-0.15, -0.1) is 0 Å². The highest BCUT2D eigenvalue weighted by molar-refractivity contribution is 7.98. The molecule has 114 valence electrons. The molecule has 0 amide bonds.